The van der Waals surface area contributed by atoms with Crippen molar-refractivity contribution in [3.05, 3.63) is 77.9 Å². The van der Waals surface area contributed by atoms with Gasteiger partial charge >= 0.3 is 5.97 Å². The Hall–Kier alpha value is -2.85. The molecule has 3 aromatic carbocycles. The highest BCUT2D eigenvalue weighted by atomic mass is 16.5. The van der Waals surface area contributed by atoms with E-state index in [1.165, 1.54) is 5.39 Å². The molecule has 0 heterocycles. The predicted molar refractivity (Wildman–Crippen MR) is 92.2 cm³/mol. The molecule has 0 aliphatic carbocycles. The van der Waals surface area contributed by atoms with Crippen molar-refractivity contribution in [2.24, 2.45) is 0 Å². The summed E-state index contributed by atoms with van der Waals surface area (Å²) in [5, 5.41) is 20.7. The van der Waals surface area contributed by atoms with Crippen LogP contribution in [0.3, 0.4) is 0 Å². The van der Waals surface area contributed by atoms with Gasteiger partial charge in [0.15, 0.2) is 0 Å². The number of aliphatic hydroxyl groups is 1. The first kappa shape index (κ1) is 16.0. The van der Waals surface area contributed by atoms with Gasteiger partial charge in [-0.3, -0.25) is 4.79 Å². The fourth-order valence-electron chi connectivity index (χ4n) is 2.64. The van der Waals surface area contributed by atoms with Crippen LogP contribution in [0, 0.1) is 0 Å². The zero-order valence-corrected chi connectivity index (χ0v) is 13.1. The van der Waals surface area contributed by atoms with Crippen molar-refractivity contribution in [3.8, 4) is 5.75 Å². The van der Waals surface area contributed by atoms with Crippen LogP contribution < -0.4 is 4.74 Å². The molecule has 122 valence electrons. The number of aliphatic carboxylic acids is 1. The van der Waals surface area contributed by atoms with E-state index in [9.17, 15) is 9.90 Å². The summed E-state index contributed by atoms with van der Waals surface area (Å²) >= 11 is 0. The topological polar surface area (TPSA) is 66.8 Å². The maximum Gasteiger partial charge on any atom is 0.313 e. The fraction of sp³-hybridized carbons (Fsp3) is 0.150. The van der Waals surface area contributed by atoms with Crippen LogP contribution in [0.4, 0.5) is 0 Å². The van der Waals surface area contributed by atoms with Crippen LogP contribution in [0.25, 0.3) is 10.8 Å². The second kappa shape index (κ2) is 7.15. The van der Waals surface area contributed by atoms with Gasteiger partial charge in [0.25, 0.3) is 0 Å². The van der Waals surface area contributed by atoms with Crippen molar-refractivity contribution in [2.75, 3.05) is 6.61 Å². The van der Waals surface area contributed by atoms with Crippen LogP contribution in [-0.2, 0) is 11.4 Å². The largest absolute Gasteiger partial charge is 0.489 e. The van der Waals surface area contributed by atoms with Crippen LogP contribution >= 0.6 is 0 Å². The summed E-state index contributed by atoms with van der Waals surface area (Å²) in [6.45, 7) is -0.0470. The summed E-state index contributed by atoms with van der Waals surface area (Å²) in [7, 11) is 0. The Labute approximate surface area is 139 Å². The number of carbonyl (C=O) groups is 1. The van der Waals surface area contributed by atoms with Crippen LogP contribution in [0.2, 0.25) is 0 Å². The van der Waals surface area contributed by atoms with Gasteiger partial charge in [0.05, 0.1) is 6.61 Å². The van der Waals surface area contributed by atoms with Gasteiger partial charge in [0.2, 0.25) is 0 Å². The van der Waals surface area contributed by atoms with E-state index in [2.05, 4.69) is 24.3 Å². The van der Waals surface area contributed by atoms with Crippen molar-refractivity contribution in [1.29, 1.82) is 0 Å². The lowest BCUT2D eigenvalue weighted by molar-refractivity contribution is -0.139. The maximum atomic E-state index is 11.1. The zero-order valence-electron chi connectivity index (χ0n) is 13.1. The van der Waals surface area contributed by atoms with Crippen LogP contribution in [0.5, 0.6) is 5.75 Å². The molecule has 1 unspecified atom stereocenters. The molecule has 3 rings (SSSR count). The number of hydrogen-bond acceptors (Lipinski definition) is 3. The quantitative estimate of drug-likeness (QED) is 0.728. The number of fused-ring (bicyclic) bond motifs is 1. The van der Waals surface area contributed by atoms with E-state index in [1.54, 1.807) is 24.3 Å². The lowest BCUT2D eigenvalue weighted by atomic mass is 10.0. The summed E-state index contributed by atoms with van der Waals surface area (Å²) in [5.41, 5.74) is 1.57. The van der Waals surface area contributed by atoms with Crippen molar-refractivity contribution in [2.45, 2.75) is 12.5 Å². The van der Waals surface area contributed by atoms with Crippen molar-refractivity contribution in [3.63, 3.8) is 0 Å². The monoisotopic (exact) mass is 322 g/mol. The van der Waals surface area contributed by atoms with Gasteiger partial charge in [-0.15, -0.1) is 0 Å². The molecular formula is C20H18O4. The first-order valence-corrected chi connectivity index (χ1v) is 7.71. The minimum absolute atomic E-state index is 0.394. The predicted octanol–water partition coefficient (Wildman–Crippen LogP) is 3.58. The smallest absolute Gasteiger partial charge is 0.313 e. The van der Waals surface area contributed by atoms with Crippen molar-refractivity contribution in [1.82, 2.24) is 0 Å². The highest BCUT2D eigenvalue weighted by molar-refractivity contribution is 5.83. The number of benzene rings is 3. The average molecular weight is 322 g/mol. The minimum atomic E-state index is -1.05. The molecule has 0 radical (unpaired) electrons. The second-order valence-corrected chi connectivity index (χ2v) is 5.62. The minimum Gasteiger partial charge on any atom is -0.489 e. The molecule has 0 spiro atoms. The molecule has 0 bridgehead atoms. The molecule has 0 aliphatic rings. The third-order valence-corrected chi connectivity index (χ3v) is 3.96. The standard InChI is InChI=1S/C20H18O4/c21-12-19(20(22)23)17-6-3-7-18(11-17)24-13-14-8-9-15-4-1-2-5-16(15)10-14/h1-11,19,21H,12-13H2,(H,22,23). The molecule has 4 nitrogen and oxygen atoms in total. The SMILES string of the molecule is O=C(O)C(CO)c1cccc(OCc2ccc3ccccc3c2)c1. The number of hydrogen-bond donors (Lipinski definition) is 2. The maximum absolute atomic E-state index is 11.1. The molecule has 0 fully saturated rings. The van der Waals surface area contributed by atoms with E-state index < -0.39 is 18.5 Å². The van der Waals surface area contributed by atoms with E-state index in [1.807, 2.05) is 18.2 Å². The molecule has 4 heteroatoms. The average Bonchev–Trinajstić information content (AvgIpc) is 2.60. The van der Waals surface area contributed by atoms with Crippen LogP contribution in [0.15, 0.2) is 66.7 Å². The Balaban J connectivity index is 1.75. The van der Waals surface area contributed by atoms with E-state index in [4.69, 9.17) is 9.84 Å². The van der Waals surface area contributed by atoms with Gasteiger partial charge < -0.3 is 14.9 Å². The molecule has 0 amide bonds. The summed E-state index contributed by atoms with van der Waals surface area (Å²) < 4.78 is 5.78. The molecule has 24 heavy (non-hydrogen) atoms. The van der Waals surface area contributed by atoms with Gasteiger partial charge in [-0.05, 0) is 40.1 Å². The van der Waals surface area contributed by atoms with Gasteiger partial charge in [0.1, 0.15) is 18.3 Å². The number of rotatable bonds is 6. The molecule has 0 aromatic heterocycles. The number of aliphatic hydroxyl groups excluding tert-OH is 1. The Morgan fingerprint density at radius 1 is 0.958 bits per heavy atom. The molecule has 0 saturated carbocycles. The van der Waals surface area contributed by atoms with E-state index in [0.717, 1.165) is 10.9 Å². The van der Waals surface area contributed by atoms with Gasteiger partial charge in [0, 0.05) is 0 Å². The molecule has 2 N–H and O–H groups in total. The van der Waals surface area contributed by atoms with Crippen molar-refractivity contribution >= 4 is 16.7 Å². The Bertz CT molecular complexity index is 857. The normalized spacial score (nSPS) is 12.0. The van der Waals surface area contributed by atoms with E-state index in [0.29, 0.717) is 17.9 Å². The van der Waals surface area contributed by atoms with E-state index in [-0.39, 0.29) is 0 Å². The number of carboxylic acids is 1. The molecule has 3 aromatic rings. The Kier molecular flexibility index (Phi) is 4.77. The first-order chi connectivity index (χ1) is 11.7. The second-order valence-electron chi connectivity index (χ2n) is 5.62. The third kappa shape index (κ3) is 3.55. The molecule has 0 saturated heterocycles. The highest BCUT2D eigenvalue weighted by Gasteiger charge is 2.19. The molecular weight excluding hydrogens is 304 g/mol. The highest BCUT2D eigenvalue weighted by Crippen LogP contribution is 2.23. The molecule has 1 atom stereocenters. The van der Waals surface area contributed by atoms with Crippen LogP contribution in [0.1, 0.15) is 17.0 Å². The third-order valence-electron chi connectivity index (χ3n) is 3.96. The number of ether oxygens (including phenoxy) is 1. The lowest BCUT2D eigenvalue weighted by Gasteiger charge is -2.12. The summed E-state index contributed by atoms with van der Waals surface area (Å²) in [6.07, 6.45) is 0. The van der Waals surface area contributed by atoms with Gasteiger partial charge in [-0.25, -0.2) is 0 Å². The summed E-state index contributed by atoms with van der Waals surface area (Å²) in [5.74, 6) is -1.40. The summed E-state index contributed by atoms with van der Waals surface area (Å²) in [4.78, 5) is 11.1. The fourth-order valence-corrected chi connectivity index (χ4v) is 2.64. The van der Waals surface area contributed by atoms with Crippen LogP contribution in [-0.4, -0.2) is 22.8 Å². The Morgan fingerprint density at radius 2 is 1.75 bits per heavy atom. The van der Waals surface area contributed by atoms with Gasteiger partial charge in [-0.2, -0.15) is 0 Å². The Morgan fingerprint density at radius 3 is 2.50 bits per heavy atom. The van der Waals surface area contributed by atoms with Gasteiger partial charge in [-0.1, -0.05) is 48.5 Å². The lowest BCUT2D eigenvalue weighted by Crippen LogP contribution is -2.15. The number of carboxylic acid groups (broad SMARTS) is 1. The molecule has 0 aliphatic heterocycles. The first-order valence-electron chi connectivity index (χ1n) is 7.71. The zero-order chi connectivity index (χ0) is 16.9. The van der Waals surface area contributed by atoms with Crippen molar-refractivity contribution < 1.29 is 19.7 Å². The van der Waals surface area contributed by atoms with E-state index >= 15 is 0 Å². The summed E-state index contributed by atoms with van der Waals surface area (Å²) in [6, 6.07) is 21.1.